The number of hydrogen-bond donors (Lipinski definition) is 0. The summed E-state index contributed by atoms with van der Waals surface area (Å²) in [5, 5.41) is 0.270. The van der Waals surface area contributed by atoms with Gasteiger partial charge in [-0.2, -0.15) is 0 Å². The van der Waals surface area contributed by atoms with Gasteiger partial charge >= 0.3 is 0 Å². The maximum Gasteiger partial charge on any atom is 0.261 e. The molecule has 1 fully saturated rings. The summed E-state index contributed by atoms with van der Waals surface area (Å²) in [6.07, 6.45) is 0.00131. The maximum absolute atomic E-state index is 14.0. The Morgan fingerprint density at radius 1 is 0.938 bits per heavy atom. The van der Waals surface area contributed by atoms with E-state index < -0.39 is 17.6 Å². The third kappa shape index (κ3) is 4.10. The Labute approximate surface area is 189 Å². The van der Waals surface area contributed by atoms with E-state index in [1.807, 2.05) is 6.92 Å². The third-order valence-corrected chi connectivity index (χ3v) is 5.99. The molecule has 166 valence electrons. The van der Waals surface area contributed by atoms with Gasteiger partial charge in [-0.3, -0.25) is 24.1 Å². The van der Waals surface area contributed by atoms with E-state index in [1.54, 1.807) is 23.1 Å². The Morgan fingerprint density at radius 3 is 2.31 bits per heavy atom. The molecule has 0 saturated carbocycles. The minimum Gasteiger partial charge on any atom is -0.339 e. The molecule has 2 aromatic rings. The first-order valence-corrected chi connectivity index (χ1v) is 10.6. The van der Waals surface area contributed by atoms with Gasteiger partial charge in [0.05, 0.1) is 16.7 Å². The maximum atomic E-state index is 14.0. The van der Waals surface area contributed by atoms with Gasteiger partial charge in [-0.1, -0.05) is 23.2 Å². The van der Waals surface area contributed by atoms with Crippen molar-refractivity contribution in [2.24, 2.45) is 0 Å². The summed E-state index contributed by atoms with van der Waals surface area (Å²) in [4.78, 5) is 54.4. The van der Waals surface area contributed by atoms with Crippen LogP contribution in [0.4, 0.5) is 4.39 Å². The van der Waals surface area contributed by atoms with Gasteiger partial charge in [0.2, 0.25) is 5.91 Å². The van der Waals surface area contributed by atoms with E-state index in [-0.39, 0.29) is 61.5 Å². The highest BCUT2D eigenvalue weighted by atomic mass is 35.5. The van der Waals surface area contributed by atoms with Crippen molar-refractivity contribution < 1.29 is 23.6 Å². The van der Waals surface area contributed by atoms with Gasteiger partial charge in [-0.25, -0.2) is 4.39 Å². The molecule has 4 rings (SSSR count). The molecule has 7 nitrogen and oxygen atoms in total. The van der Waals surface area contributed by atoms with Crippen LogP contribution in [-0.4, -0.2) is 71.1 Å². The molecule has 2 heterocycles. The molecule has 1 saturated heterocycles. The number of carbonyl (C=O) groups excluding carboxylic acids is 4. The molecular weight excluding hydrogens is 437 g/mol. The average Bonchev–Trinajstić information content (AvgIpc) is 3.02. The number of hydrogen-bond acceptors (Lipinski definition) is 4. The molecule has 0 N–H and O–H groups in total. The van der Waals surface area contributed by atoms with E-state index in [0.29, 0.717) is 11.1 Å². The number of aryl methyl sites for hydroxylation is 1. The van der Waals surface area contributed by atoms with Crippen LogP contribution >= 0.6 is 11.6 Å². The molecule has 0 aliphatic carbocycles. The molecule has 0 radical (unpaired) electrons. The van der Waals surface area contributed by atoms with Crippen LogP contribution in [0.5, 0.6) is 0 Å². The second-order valence-corrected chi connectivity index (χ2v) is 8.29. The molecule has 0 aromatic heterocycles. The predicted molar refractivity (Wildman–Crippen MR) is 115 cm³/mol. The van der Waals surface area contributed by atoms with Crippen molar-refractivity contribution in [1.29, 1.82) is 0 Å². The second-order valence-electron chi connectivity index (χ2n) is 7.86. The van der Waals surface area contributed by atoms with Crippen LogP contribution in [0.1, 0.15) is 43.1 Å². The molecule has 9 heteroatoms. The molecule has 4 amide bonds. The summed E-state index contributed by atoms with van der Waals surface area (Å²) in [7, 11) is 0. The minimum absolute atomic E-state index is 0.00131. The lowest BCUT2D eigenvalue weighted by atomic mass is 10.1. The van der Waals surface area contributed by atoms with Crippen molar-refractivity contribution in [2.45, 2.75) is 13.3 Å². The van der Waals surface area contributed by atoms with Crippen LogP contribution in [0.3, 0.4) is 0 Å². The van der Waals surface area contributed by atoms with Gasteiger partial charge in [0.25, 0.3) is 17.7 Å². The van der Waals surface area contributed by atoms with Crippen LogP contribution in [0.2, 0.25) is 5.02 Å². The Hall–Kier alpha value is -3.26. The van der Waals surface area contributed by atoms with Gasteiger partial charge < -0.3 is 9.80 Å². The van der Waals surface area contributed by atoms with Crippen molar-refractivity contribution in [3.05, 3.63) is 69.5 Å². The zero-order valence-electron chi connectivity index (χ0n) is 17.4. The van der Waals surface area contributed by atoms with Crippen LogP contribution in [0.15, 0.2) is 36.4 Å². The summed E-state index contributed by atoms with van der Waals surface area (Å²) in [6, 6.07) is 8.90. The van der Waals surface area contributed by atoms with E-state index in [0.717, 1.165) is 16.5 Å². The Bertz CT molecular complexity index is 1130. The average molecular weight is 458 g/mol. The van der Waals surface area contributed by atoms with Crippen LogP contribution in [0.25, 0.3) is 0 Å². The number of rotatable bonds is 4. The zero-order chi connectivity index (χ0) is 23.0. The third-order valence-electron chi connectivity index (χ3n) is 5.75. The van der Waals surface area contributed by atoms with Gasteiger partial charge in [0, 0.05) is 44.2 Å². The van der Waals surface area contributed by atoms with E-state index >= 15 is 0 Å². The number of carbonyl (C=O) groups is 4. The predicted octanol–water partition coefficient (Wildman–Crippen LogP) is 2.76. The molecule has 2 aliphatic rings. The van der Waals surface area contributed by atoms with Gasteiger partial charge in [-0.05, 0) is 37.3 Å². The fourth-order valence-electron chi connectivity index (χ4n) is 3.96. The van der Waals surface area contributed by atoms with Crippen LogP contribution in [-0.2, 0) is 4.79 Å². The van der Waals surface area contributed by atoms with Crippen LogP contribution in [0, 0.1) is 12.7 Å². The van der Waals surface area contributed by atoms with E-state index in [4.69, 9.17) is 11.6 Å². The van der Waals surface area contributed by atoms with Gasteiger partial charge in [-0.15, -0.1) is 0 Å². The molecule has 2 aliphatic heterocycles. The molecule has 0 bridgehead atoms. The van der Waals surface area contributed by atoms with E-state index in [9.17, 15) is 23.6 Å². The quantitative estimate of drug-likeness (QED) is 0.661. The Balaban J connectivity index is 1.32. The zero-order valence-corrected chi connectivity index (χ0v) is 18.2. The smallest absolute Gasteiger partial charge is 0.261 e. The van der Waals surface area contributed by atoms with Crippen molar-refractivity contribution in [3.63, 3.8) is 0 Å². The topological polar surface area (TPSA) is 78.0 Å². The van der Waals surface area contributed by atoms with Crippen molar-refractivity contribution in [1.82, 2.24) is 14.7 Å². The summed E-state index contributed by atoms with van der Waals surface area (Å²) in [5.41, 5.74) is 1.50. The lowest BCUT2D eigenvalue weighted by Crippen LogP contribution is -2.51. The monoisotopic (exact) mass is 457 g/mol. The Morgan fingerprint density at radius 2 is 1.59 bits per heavy atom. The highest BCUT2D eigenvalue weighted by molar-refractivity contribution is 6.31. The number of fused-ring (bicyclic) bond motifs is 1. The standard InChI is InChI=1S/C23H21ClFN3O4/c1-14-2-4-16-17(12-14)23(32)28(22(16)31)7-6-20(29)26-8-10-27(11-9-26)21(30)18-13-15(24)3-5-19(18)25/h2-5,12-13H,6-11H2,1H3. The number of imide groups is 1. The molecule has 0 atom stereocenters. The first-order valence-electron chi connectivity index (χ1n) is 10.2. The van der Waals surface area contributed by atoms with Gasteiger partial charge in [0.1, 0.15) is 5.82 Å². The number of benzene rings is 2. The Kier molecular flexibility index (Phi) is 5.97. The molecule has 2 aromatic carbocycles. The number of amides is 4. The fraction of sp³-hybridized carbons (Fsp3) is 0.304. The summed E-state index contributed by atoms with van der Waals surface area (Å²) >= 11 is 5.87. The van der Waals surface area contributed by atoms with Crippen molar-refractivity contribution in [3.8, 4) is 0 Å². The fourth-order valence-corrected chi connectivity index (χ4v) is 4.14. The first-order chi connectivity index (χ1) is 15.3. The normalized spacial score (nSPS) is 15.9. The first kappa shape index (κ1) is 22.0. The molecule has 0 spiro atoms. The lowest BCUT2D eigenvalue weighted by molar-refractivity contribution is -0.132. The largest absolute Gasteiger partial charge is 0.339 e. The summed E-state index contributed by atoms with van der Waals surface area (Å²) in [6.45, 7) is 2.92. The van der Waals surface area contributed by atoms with Crippen LogP contribution < -0.4 is 0 Å². The SMILES string of the molecule is Cc1ccc2c(c1)C(=O)N(CCC(=O)N1CCN(C(=O)c3cc(Cl)ccc3F)CC1)C2=O. The lowest BCUT2D eigenvalue weighted by Gasteiger charge is -2.35. The van der Waals surface area contributed by atoms with Gasteiger partial charge in [0.15, 0.2) is 0 Å². The summed E-state index contributed by atoms with van der Waals surface area (Å²) in [5.74, 6) is -2.11. The molecule has 0 unspecified atom stereocenters. The number of piperazine rings is 1. The van der Waals surface area contributed by atoms with Crippen molar-refractivity contribution in [2.75, 3.05) is 32.7 Å². The number of halogens is 2. The number of nitrogens with zero attached hydrogens (tertiary/aromatic N) is 3. The second kappa shape index (κ2) is 8.70. The van der Waals surface area contributed by atoms with Crippen molar-refractivity contribution >= 4 is 35.2 Å². The molecular formula is C23H21ClFN3O4. The highest BCUT2D eigenvalue weighted by Gasteiger charge is 2.36. The highest BCUT2D eigenvalue weighted by Crippen LogP contribution is 2.24. The molecule has 32 heavy (non-hydrogen) atoms. The van der Waals surface area contributed by atoms with E-state index in [1.165, 1.54) is 17.0 Å². The van der Waals surface area contributed by atoms with E-state index in [2.05, 4.69) is 0 Å². The minimum atomic E-state index is -0.644. The summed E-state index contributed by atoms with van der Waals surface area (Å²) < 4.78 is 14.0.